The van der Waals surface area contributed by atoms with Crippen LogP contribution in [0.25, 0.3) is 17.4 Å². The number of esters is 1. The van der Waals surface area contributed by atoms with Crippen LogP contribution < -0.4 is 14.9 Å². The summed E-state index contributed by atoms with van der Waals surface area (Å²) in [5.74, 6) is -0.288. The van der Waals surface area contributed by atoms with E-state index in [4.69, 9.17) is 9.15 Å². The quantitative estimate of drug-likeness (QED) is 0.325. The van der Waals surface area contributed by atoms with E-state index in [0.29, 0.717) is 43.6 Å². The Labute approximate surface area is 234 Å². The Balaban J connectivity index is 1.61. The Kier molecular flexibility index (Phi) is 7.40. The van der Waals surface area contributed by atoms with Crippen molar-refractivity contribution < 1.29 is 23.8 Å². The predicted octanol–water partition coefficient (Wildman–Crippen LogP) is 4.88. The number of thiazole rings is 1. The highest BCUT2D eigenvalue weighted by Gasteiger charge is 2.33. The third-order valence-electron chi connectivity index (χ3n) is 6.73. The van der Waals surface area contributed by atoms with Crippen LogP contribution in [0.4, 0.5) is 0 Å². The molecule has 1 atom stereocenters. The lowest BCUT2D eigenvalue weighted by atomic mass is 9.93. The molecule has 2 aromatic carbocycles. The van der Waals surface area contributed by atoms with E-state index in [2.05, 4.69) is 18.8 Å². The molecule has 0 saturated heterocycles. The maximum Gasteiger partial charge on any atom is 0.338 e. The summed E-state index contributed by atoms with van der Waals surface area (Å²) in [5, 5.41) is 9.30. The number of carbonyl (C=O) groups excluding carboxylic acids is 1. The number of aromatic carboxylic acids is 1. The van der Waals surface area contributed by atoms with Gasteiger partial charge in [-0.1, -0.05) is 61.6 Å². The molecule has 1 aliphatic heterocycles. The topological polar surface area (TPSA) is 111 Å². The van der Waals surface area contributed by atoms with Gasteiger partial charge in [0.25, 0.3) is 5.56 Å². The van der Waals surface area contributed by atoms with Crippen LogP contribution in [0, 0.1) is 0 Å². The van der Waals surface area contributed by atoms with E-state index in [-0.39, 0.29) is 17.7 Å². The Morgan fingerprint density at radius 2 is 1.90 bits per heavy atom. The number of furan rings is 1. The number of benzene rings is 2. The number of ether oxygens (including phenoxy) is 1. The zero-order valence-corrected chi connectivity index (χ0v) is 23.3. The number of hydrogen-bond donors (Lipinski definition) is 1. The minimum Gasteiger partial charge on any atom is -0.478 e. The molecule has 0 bridgehead atoms. The van der Waals surface area contributed by atoms with Gasteiger partial charge in [-0.05, 0) is 55.2 Å². The van der Waals surface area contributed by atoms with E-state index in [9.17, 15) is 19.5 Å². The molecule has 0 saturated carbocycles. The molecule has 0 aliphatic carbocycles. The van der Waals surface area contributed by atoms with E-state index in [1.54, 1.807) is 48.8 Å². The van der Waals surface area contributed by atoms with Crippen molar-refractivity contribution in [2.45, 2.75) is 39.7 Å². The average molecular weight is 557 g/mol. The van der Waals surface area contributed by atoms with Crippen LogP contribution in [-0.4, -0.2) is 28.2 Å². The first-order valence-electron chi connectivity index (χ1n) is 12.9. The van der Waals surface area contributed by atoms with Crippen molar-refractivity contribution in [3.8, 4) is 11.3 Å². The van der Waals surface area contributed by atoms with Gasteiger partial charge in [-0.25, -0.2) is 14.6 Å². The lowest BCUT2D eigenvalue weighted by Gasteiger charge is -2.25. The summed E-state index contributed by atoms with van der Waals surface area (Å²) in [5.41, 5.74) is 3.23. The molecular weight excluding hydrogens is 528 g/mol. The van der Waals surface area contributed by atoms with Gasteiger partial charge in [0.05, 0.1) is 34.0 Å². The second kappa shape index (κ2) is 10.9. The summed E-state index contributed by atoms with van der Waals surface area (Å²) in [6.07, 6.45) is 1.64. The maximum atomic E-state index is 13.8. The second-order valence-electron chi connectivity index (χ2n) is 9.71. The van der Waals surface area contributed by atoms with E-state index in [0.717, 1.165) is 11.1 Å². The SMILES string of the molecule is CCOC(=O)C1=C(C)N=c2s/c(=C\c3ccc(-c4cccc(C(=O)O)c4)o3)c(=O)n2C1c1ccc(C(C)C)cc1. The van der Waals surface area contributed by atoms with Crippen LogP contribution in [0.3, 0.4) is 0 Å². The van der Waals surface area contributed by atoms with Crippen molar-refractivity contribution in [3.63, 3.8) is 0 Å². The zero-order valence-electron chi connectivity index (χ0n) is 22.5. The van der Waals surface area contributed by atoms with Gasteiger partial charge in [0.1, 0.15) is 11.5 Å². The molecular formula is C31H28N2O6S. The van der Waals surface area contributed by atoms with Crippen LogP contribution in [0.1, 0.15) is 66.9 Å². The van der Waals surface area contributed by atoms with Crippen molar-refractivity contribution in [2.24, 2.45) is 4.99 Å². The van der Waals surface area contributed by atoms with E-state index in [1.807, 2.05) is 24.3 Å². The predicted molar refractivity (Wildman–Crippen MR) is 152 cm³/mol. The molecule has 0 spiro atoms. The van der Waals surface area contributed by atoms with Crippen LogP contribution in [-0.2, 0) is 9.53 Å². The normalized spacial score (nSPS) is 15.2. The third kappa shape index (κ3) is 5.08. The fourth-order valence-corrected chi connectivity index (χ4v) is 5.72. The first-order valence-corrected chi connectivity index (χ1v) is 13.7. The molecule has 1 N–H and O–H groups in total. The zero-order chi connectivity index (χ0) is 28.6. The number of hydrogen-bond acceptors (Lipinski definition) is 7. The Morgan fingerprint density at radius 1 is 1.15 bits per heavy atom. The fourth-order valence-electron chi connectivity index (χ4n) is 4.69. The summed E-state index contributed by atoms with van der Waals surface area (Å²) >= 11 is 1.21. The highest BCUT2D eigenvalue weighted by molar-refractivity contribution is 7.07. The number of rotatable bonds is 7. The molecule has 3 heterocycles. The highest BCUT2D eigenvalue weighted by atomic mass is 32.1. The average Bonchev–Trinajstić information content (AvgIpc) is 3.52. The monoisotopic (exact) mass is 556 g/mol. The largest absolute Gasteiger partial charge is 0.478 e. The van der Waals surface area contributed by atoms with Crippen molar-refractivity contribution >= 4 is 29.4 Å². The van der Waals surface area contributed by atoms with Gasteiger partial charge in [0.2, 0.25) is 0 Å². The number of fused-ring (bicyclic) bond motifs is 1. The maximum absolute atomic E-state index is 13.8. The Morgan fingerprint density at radius 3 is 2.58 bits per heavy atom. The second-order valence-corrected chi connectivity index (χ2v) is 10.7. The van der Waals surface area contributed by atoms with Gasteiger partial charge in [-0.2, -0.15) is 0 Å². The van der Waals surface area contributed by atoms with Gasteiger partial charge in [-0.15, -0.1) is 0 Å². The molecule has 0 amide bonds. The number of carboxylic acids is 1. The van der Waals surface area contributed by atoms with E-state index >= 15 is 0 Å². The standard InChI is InChI=1S/C31H28N2O6S/c1-5-38-30(37)26-18(4)32-31-33(27(26)20-11-9-19(10-12-20)17(2)3)28(34)25(40-31)16-23-13-14-24(39-23)21-7-6-8-22(15-21)29(35)36/h6-17,27H,5H2,1-4H3,(H,35,36)/b25-16-. The molecule has 0 radical (unpaired) electrons. The molecule has 8 nitrogen and oxygen atoms in total. The lowest BCUT2D eigenvalue weighted by molar-refractivity contribution is -0.139. The molecule has 5 rings (SSSR count). The van der Waals surface area contributed by atoms with Gasteiger partial charge in [0, 0.05) is 11.6 Å². The first kappa shape index (κ1) is 27.1. The van der Waals surface area contributed by atoms with Crippen molar-refractivity contribution in [3.05, 3.63) is 114 Å². The van der Waals surface area contributed by atoms with Gasteiger partial charge < -0.3 is 14.3 Å². The van der Waals surface area contributed by atoms with Crippen molar-refractivity contribution in [1.82, 2.24) is 4.57 Å². The van der Waals surface area contributed by atoms with E-state index < -0.39 is 18.0 Å². The van der Waals surface area contributed by atoms with Crippen molar-refractivity contribution in [2.75, 3.05) is 6.61 Å². The number of nitrogens with zero attached hydrogens (tertiary/aromatic N) is 2. The third-order valence-corrected chi connectivity index (χ3v) is 7.71. The molecule has 204 valence electrons. The summed E-state index contributed by atoms with van der Waals surface area (Å²) in [4.78, 5) is 43.3. The molecule has 9 heteroatoms. The minimum absolute atomic E-state index is 0.151. The van der Waals surface area contributed by atoms with Gasteiger partial charge in [0.15, 0.2) is 4.80 Å². The Hall–Kier alpha value is -4.50. The molecule has 2 aromatic heterocycles. The van der Waals surface area contributed by atoms with Crippen LogP contribution in [0.2, 0.25) is 0 Å². The summed E-state index contributed by atoms with van der Waals surface area (Å²) in [6.45, 7) is 7.91. The number of aromatic nitrogens is 1. The molecule has 40 heavy (non-hydrogen) atoms. The summed E-state index contributed by atoms with van der Waals surface area (Å²) in [6, 6.07) is 17.1. The Bertz CT molecular complexity index is 1820. The van der Waals surface area contributed by atoms with Crippen LogP contribution >= 0.6 is 11.3 Å². The van der Waals surface area contributed by atoms with Crippen LogP contribution in [0.15, 0.2) is 86.1 Å². The number of allylic oxidation sites excluding steroid dienone is 1. The summed E-state index contributed by atoms with van der Waals surface area (Å²) < 4.78 is 13.2. The van der Waals surface area contributed by atoms with Crippen molar-refractivity contribution in [1.29, 1.82) is 0 Å². The first-order chi connectivity index (χ1) is 19.2. The number of carbonyl (C=O) groups is 2. The lowest BCUT2D eigenvalue weighted by Crippen LogP contribution is -2.39. The van der Waals surface area contributed by atoms with E-state index in [1.165, 1.54) is 23.5 Å². The fraction of sp³-hybridized carbons (Fsp3) is 0.226. The van der Waals surface area contributed by atoms with Gasteiger partial charge >= 0.3 is 11.9 Å². The number of carboxylic acid groups (broad SMARTS) is 1. The molecule has 1 aliphatic rings. The highest BCUT2D eigenvalue weighted by Crippen LogP contribution is 2.31. The molecule has 4 aromatic rings. The molecule has 0 fully saturated rings. The minimum atomic E-state index is -1.03. The van der Waals surface area contributed by atoms with Gasteiger partial charge in [-0.3, -0.25) is 9.36 Å². The van der Waals surface area contributed by atoms with Crippen LogP contribution in [0.5, 0.6) is 0 Å². The summed E-state index contributed by atoms with van der Waals surface area (Å²) in [7, 11) is 0. The molecule has 1 unspecified atom stereocenters. The smallest absolute Gasteiger partial charge is 0.338 e.